The fourth-order valence-corrected chi connectivity index (χ4v) is 7.29. The van der Waals surface area contributed by atoms with Gasteiger partial charge in [0.2, 0.25) is 0 Å². The zero-order chi connectivity index (χ0) is 33.3. The minimum absolute atomic E-state index is 0.0245. The Hall–Kier alpha value is -4.37. The number of hydrogen-bond acceptors (Lipinski definition) is 10. The van der Waals surface area contributed by atoms with Crippen LogP contribution in [0.25, 0.3) is 17.1 Å². The molecule has 16 heteroatoms. The van der Waals surface area contributed by atoms with Crippen LogP contribution in [0.3, 0.4) is 0 Å². The van der Waals surface area contributed by atoms with Crippen LogP contribution in [-0.2, 0) is 17.5 Å². The van der Waals surface area contributed by atoms with Gasteiger partial charge in [0.05, 0.1) is 51.7 Å². The highest BCUT2D eigenvalue weighted by atomic mass is 35.5. The van der Waals surface area contributed by atoms with E-state index < -0.39 is 28.9 Å². The summed E-state index contributed by atoms with van der Waals surface area (Å²) in [6, 6.07) is 5.99. The molecule has 7 rings (SSSR count). The summed E-state index contributed by atoms with van der Waals surface area (Å²) < 4.78 is 84.7. The smallest absolute Gasteiger partial charge is 0.418 e. The number of anilines is 2. The fraction of sp³-hybridized carbons (Fsp3) is 0.387. The molecule has 47 heavy (non-hydrogen) atoms. The van der Waals surface area contributed by atoms with Gasteiger partial charge in [0.1, 0.15) is 36.5 Å². The summed E-state index contributed by atoms with van der Waals surface area (Å²) in [5, 5.41) is 3.63. The van der Waals surface area contributed by atoms with Crippen molar-refractivity contribution in [3.8, 4) is 17.0 Å². The van der Waals surface area contributed by atoms with E-state index in [2.05, 4.69) is 20.3 Å². The highest BCUT2D eigenvalue weighted by Gasteiger charge is 2.57. The van der Waals surface area contributed by atoms with E-state index >= 15 is 0 Å². The van der Waals surface area contributed by atoms with Gasteiger partial charge in [-0.05, 0) is 50.1 Å². The number of ether oxygens (including phenoxy) is 2. The topological polar surface area (TPSA) is 127 Å². The number of nitrogen functional groups attached to an aromatic ring is 2. The standard InChI is InChI=1S/C31H30ClF5N8O2/c1-16-8-20(38)43-25(23(16)31(35,36)37)18-9-19-22-26(24(18)32)41-15-42-28(22)44(10-17-4-2-6-40-27(17)39)11-21(47-19)46-14-29-5-3-7-45(29)13-30(33,34)12-29/h2,4,6,8-9,11,42H,3,5,7,10,12-15H2,1H3,(H2,38,43)(H2,39,40)/t29-/m1/s1. The number of aromatic nitrogens is 2. The summed E-state index contributed by atoms with van der Waals surface area (Å²) in [5.41, 5.74) is 10.1. The molecule has 0 amide bonds. The van der Waals surface area contributed by atoms with Crippen molar-refractivity contribution in [3.63, 3.8) is 0 Å². The first-order chi connectivity index (χ1) is 22.2. The lowest BCUT2D eigenvalue weighted by molar-refractivity contribution is -0.137. The first-order valence-electron chi connectivity index (χ1n) is 14.9. The molecule has 4 aliphatic heterocycles. The van der Waals surface area contributed by atoms with Gasteiger partial charge in [-0.1, -0.05) is 17.7 Å². The lowest BCUT2D eigenvalue weighted by atomic mass is 9.94. The van der Waals surface area contributed by atoms with Gasteiger partial charge < -0.3 is 31.2 Å². The van der Waals surface area contributed by atoms with Gasteiger partial charge in [0.25, 0.3) is 5.92 Å². The Bertz CT molecular complexity index is 1940. The van der Waals surface area contributed by atoms with E-state index in [0.717, 1.165) is 12.5 Å². The van der Waals surface area contributed by atoms with E-state index in [1.54, 1.807) is 34.3 Å². The quantitative estimate of drug-likeness (QED) is 0.331. The molecule has 0 spiro atoms. The van der Waals surface area contributed by atoms with Crippen molar-refractivity contribution in [3.05, 3.63) is 74.9 Å². The molecule has 10 nitrogen and oxygen atoms in total. The Kier molecular flexibility index (Phi) is 7.39. The zero-order valence-electron chi connectivity index (χ0n) is 25.1. The number of hydrogen-bond donors (Lipinski definition) is 3. The molecule has 1 aromatic carbocycles. The maximum Gasteiger partial charge on any atom is 0.418 e. The number of nitrogens with zero attached hydrogens (tertiary/aromatic N) is 5. The van der Waals surface area contributed by atoms with Gasteiger partial charge in [-0.2, -0.15) is 13.2 Å². The number of alkyl halides is 5. The van der Waals surface area contributed by atoms with Crippen molar-refractivity contribution in [1.29, 1.82) is 0 Å². The number of nitrogens with one attached hydrogen (secondary N) is 1. The molecule has 1 atom stereocenters. The summed E-state index contributed by atoms with van der Waals surface area (Å²) in [6.45, 7) is 1.56. The van der Waals surface area contributed by atoms with E-state index in [9.17, 15) is 22.0 Å². The second-order valence-electron chi connectivity index (χ2n) is 12.2. The molecule has 2 aromatic heterocycles. The average molecular weight is 677 g/mol. The second-order valence-corrected chi connectivity index (χ2v) is 12.6. The second kappa shape index (κ2) is 11.1. The van der Waals surface area contributed by atoms with Crippen LogP contribution in [0.5, 0.6) is 5.75 Å². The van der Waals surface area contributed by atoms with Crippen LogP contribution in [0.4, 0.5) is 33.6 Å². The number of pyridine rings is 2. The molecule has 4 aliphatic rings. The predicted molar refractivity (Wildman–Crippen MR) is 163 cm³/mol. The molecule has 5 N–H and O–H groups in total. The maximum absolute atomic E-state index is 14.5. The molecule has 0 unspecified atom stereocenters. The molecule has 0 radical (unpaired) electrons. The minimum atomic E-state index is -4.78. The van der Waals surface area contributed by atoms with Crippen LogP contribution in [0, 0.1) is 6.92 Å². The molecular weight excluding hydrogens is 647 g/mol. The van der Waals surface area contributed by atoms with E-state index in [-0.39, 0.29) is 77.6 Å². The summed E-state index contributed by atoms with van der Waals surface area (Å²) in [7, 11) is 0. The van der Waals surface area contributed by atoms with Crippen LogP contribution in [0.15, 0.2) is 47.6 Å². The molecule has 248 valence electrons. The first kappa shape index (κ1) is 31.2. The van der Waals surface area contributed by atoms with Crippen molar-refractivity contribution in [2.24, 2.45) is 4.99 Å². The van der Waals surface area contributed by atoms with Gasteiger partial charge in [0, 0.05) is 23.7 Å². The van der Waals surface area contributed by atoms with E-state index in [1.807, 2.05) is 0 Å². The number of fused-ring (bicyclic) bond motifs is 1. The van der Waals surface area contributed by atoms with Crippen LogP contribution in [-0.4, -0.2) is 57.6 Å². The summed E-state index contributed by atoms with van der Waals surface area (Å²) >= 11 is 6.85. The normalized spacial score (nSPS) is 21.6. The first-order valence-corrected chi connectivity index (χ1v) is 15.2. The third kappa shape index (κ3) is 5.54. The Morgan fingerprint density at radius 3 is 2.79 bits per heavy atom. The lowest BCUT2D eigenvalue weighted by Gasteiger charge is -2.31. The summed E-state index contributed by atoms with van der Waals surface area (Å²) in [4.78, 5) is 16.2. The number of aryl methyl sites for hydroxylation is 1. The van der Waals surface area contributed by atoms with Crippen LogP contribution < -0.4 is 32.1 Å². The number of halogens is 6. The highest BCUT2D eigenvalue weighted by molar-refractivity contribution is 6.33. The number of rotatable bonds is 6. The van der Waals surface area contributed by atoms with Crippen molar-refractivity contribution >= 4 is 29.1 Å². The monoisotopic (exact) mass is 676 g/mol. The number of benzene rings is 1. The molecule has 0 aliphatic carbocycles. The van der Waals surface area contributed by atoms with E-state index in [1.165, 1.54) is 13.0 Å². The van der Waals surface area contributed by atoms with Crippen molar-refractivity contribution in [1.82, 2.24) is 25.1 Å². The SMILES string of the molecule is Cc1cc(N)nc(-c2cc3c4c(c2Cl)=NCNC=4N(Cc2cccnc2N)C=C(OC[C@]24CCCN2CC(F)(F)C4)O3)c1C(F)(F)F. The van der Waals surface area contributed by atoms with E-state index in [4.69, 9.17) is 32.5 Å². The highest BCUT2D eigenvalue weighted by Crippen LogP contribution is 2.46. The van der Waals surface area contributed by atoms with Gasteiger partial charge in [-0.3, -0.25) is 9.89 Å². The Balaban J connectivity index is 1.38. The van der Waals surface area contributed by atoms with Gasteiger partial charge >= 0.3 is 12.1 Å². The minimum Gasteiger partial charge on any atom is -0.462 e. The number of nitrogens with two attached hydrogens (primary N) is 2. The maximum atomic E-state index is 14.5. The fourth-order valence-electron chi connectivity index (χ4n) is 6.99. The van der Waals surface area contributed by atoms with Crippen LogP contribution >= 0.6 is 11.6 Å². The molecule has 2 saturated heterocycles. The molecule has 6 heterocycles. The van der Waals surface area contributed by atoms with Gasteiger partial charge in [-0.25, -0.2) is 18.7 Å². The molecule has 0 saturated carbocycles. The summed E-state index contributed by atoms with van der Waals surface area (Å²) in [5.74, 6) is -2.26. The molecule has 3 aromatic rings. The van der Waals surface area contributed by atoms with Gasteiger partial charge in [0.15, 0.2) is 0 Å². The van der Waals surface area contributed by atoms with Crippen molar-refractivity contribution in [2.45, 2.75) is 50.4 Å². The largest absolute Gasteiger partial charge is 0.462 e. The Labute approximate surface area is 270 Å². The third-order valence-corrected chi connectivity index (χ3v) is 9.34. The van der Waals surface area contributed by atoms with Gasteiger partial charge in [-0.15, -0.1) is 0 Å². The lowest BCUT2D eigenvalue weighted by Crippen LogP contribution is -2.44. The van der Waals surface area contributed by atoms with Crippen LogP contribution in [0.1, 0.15) is 36.0 Å². The zero-order valence-corrected chi connectivity index (χ0v) is 25.9. The third-order valence-electron chi connectivity index (χ3n) is 8.96. The predicted octanol–water partition coefficient (Wildman–Crippen LogP) is 4.12. The molecule has 0 bridgehead atoms. The molecular formula is C31H30ClF5N8O2. The molecule has 2 fully saturated rings. The van der Waals surface area contributed by atoms with E-state index in [0.29, 0.717) is 29.6 Å². The summed E-state index contributed by atoms with van der Waals surface area (Å²) in [6.07, 6.45) is -0.775. The van der Waals surface area contributed by atoms with Crippen molar-refractivity contribution < 1.29 is 31.4 Å². The van der Waals surface area contributed by atoms with Crippen molar-refractivity contribution in [2.75, 3.05) is 37.8 Å². The Morgan fingerprint density at radius 2 is 2.02 bits per heavy atom. The van der Waals surface area contributed by atoms with Crippen LogP contribution in [0.2, 0.25) is 5.02 Å². The average Bonchev–Trinajstić information content (AvgIpc) is 3.42. The Morgan fingerprint density at radius 1 is 1.21 bits per heavy atom.